The first-order chi connectivity index (χ1) is 13.4. The lowest BCUT2D eigenvalue weighted by atomic mass is 10.0. The first kappa shape index (κ1) is 18.5. The Morgan fingerprint density at radius 1 is 1.21 bits per heavy atom. The average Bonchev–Trinajstić information content (AvgIpc) is 3.12. The van der Waals surface area contributed by atoms with Crippen molar-refractivity contribution in [2.24, 2.45) is 0 Å². The Bertz CT molecular complexity index is 861. The topological polar surface area (TPSA) is 85.2 Å². The maximum atomic E-state index is 12.8. The molecule has 11 heteroatoms. The smallest absolute Gasteiger partial charge is 0.433 e. The molecule has 1 N–H and O–H groups in total. The highest BCUT2D eigenvalue weighted by atomic mass is 19.4. The maximum absolute atomic E-state index is 12.8. The van der Waals surface area contributed by atoms with Crippen molar-refractivity contribution >= 4 is 11.7 Å². The highest BCUT2D eigenvalue weighted by Gasteiger charge is 2.34. The number of fused-ring (bicyclic) bond motifs is 1. The van der Waals surface area contributed by atoms with E-state index in [0.29, 0.717) is 44.0 Å². The number of anilines is 1. The molecule has 2 aromatic rings. The van der Waals surface area contributed by atoms with Crippen LogP contribution >= 0.6 is 0 Å². The second-order valence-corrected chi connectivity index (χ2v) is 6.78. The second kappa shape index (κ2) is 7.28. The number of hydrogen-bond acceptors (Lipinski definition) is 6. The molecular weight excluding hydrogens is 377 g/mol. The summed E-state index contributed by atoms with van der Waals surface area (Å²) in [5.74, 6) is 0.482. The Kier molecular flexibility index (Phi) is 4.82. The van der Waals surface area contributed by atoms with Crippen LogP contribution in [0.25, 0.3) is 0 Å². The van der Waals surface area contributed by atoms with Gasteiger partial charge >= 0.3 is 6.18 Å². The number of alkyl halides is 3. The summed E-state index contributed by atoms with van der Waals surface area (Å²) in [7, 11) is 0. The van der Waals surface area contributed by atoms with Gasteiger partial charge in [-0.15, -0.1) is 0 Å². The number of rotatable bonds is 3. The lowest BCUT2D eigenvalue weighted by molar-refractivity contribution is -0.141. The van der Waals surface area contributed by atoms with Gasteiger partial charge in [-0.2, -0.15) is 18.3 Å². The van der Waals surface area contributed by atoms with Crippen LogP contribution in [0.3, 0.4) is 0 Å². The maximum Gasteiger partial charge on any atom is 0.433 e. The number of piperidine rings is 1. The quantitative estimate of drug-likeness (QED) is 0.853. The number of halogens is 3. The van der Waals surface area contributed by atoms with Crippen molar-refractivity contribution in [3.05, 3.63) is 29.8 Å². The third kappa shape index (κ3) is 3.73. The van der Waals surface area contributed by atoms with Crippen molar-refractivity contribution in [3.63, 3.8) is 0 Å². The van der Waals surface area contributed by atoms with E-state index < -0.39 is 11.9 Å². The van der Waals surface area contributed by atoms with E-state index >= 15 is 0 Å². The van der Waals surface area contributed by atoms with E-state index in [1.807, 2.05) is 0 Å². The molecule has 1 amide bonds. The molecule has 0 aliphatic carbocycles. The Morgan fingerprint density at radius 3 is 2.75 bits per heavy atom. The van der Waals surface area contributed by atoms with Gasteiger partial charge < -0.3 is 15.0 Å². The molecule has 0 aromatic carbocycles. The number of ether oxygens (including phenoxy) is 1. The van der Waals surface area contributed by atoms with Crippen LogP contribution in [0.2, 0.25) is 0 Å². The van der Waals surface area contributed by atoms with Crippen LogP contribution < -0.4 is 15.0 Å². The van der Waals surface area contributed by atoms with Crippen molar-refractivity contribution in [2.45, 2.75) is 38.0 Å². The number of aromatic nitrogens is 4. The van der Waals surface area contributed by atoms with Gasteiger partial charge in [-0.1, -0.05) is 0 Å². The fraction of sp³-hybridized carbons (Fsp3) is 0.529. The molecule has 1 saturated heterocycles. The van der Waals surface area contributed by atoms with E-state index in [4.69, 9.17) is 4.74 Å². The number of nitrogens with zero attached hydrogens (tertiary/aromatic N) is 5. The van der Waals surface area contributed by atoms with Gasteiger partial charge in [0.15, 0.2) is 0 Å². The van der Waals surface area contributed by atoms with E-state index in [0.717, 1.165) is 25.4 Å². The van der Waals surface area contributed by atoms with Gasteiger partial charge in [-0.25, -0.2) is 14.6 Å². The van der Waals surface area contributed by atoms with Crippen LogP contribution in [0.4, 0.5) is 19.0 Å². The number of nitrogens with one attached hydrogen (secondary N) is 1. The molecule has 28 heavy (non-hydrogen) atoms. The predicted octanol–water partition coefficient (Wildman–Crippen LogP) is 1.87. The molecule has 2 aromatic heterocycles. The van der Waals surface area contributed by atoms with Gasteiger partial charge in [-0.05, 0) is 12.8 Å². The lowest BCUT2D eigenvalue weighted by Gasteiger charge is -2.33. The van der Waals surface area contributed by atoms with E-state index in [2.05, 4.69) is 20.4 Å². The molecule has 0 bridgehead atoms. The molecule has 0 unspecified atom stereocenters. The van der Waals surface area contributed by atoms with Crippen LogP contribution in [0.15, 0.2) is 18.6 Å². The number of carbonyl (C=O) groups is 1. The normalized spacial score (nSPS) is 17.8. The summed E-state index contributed by atoms with van der Waals surface area (Å²) in [6.07, 6.45) is -0.0210. The summed E-state index contributed by atoms with van der Waals surface area (Å²) in [6, 6.07) is 0.877. The monoisotopic (exact) mass is 396 g/mol. The van der Waals surface area contributed by atoms with Crippen molar-refractivity contribution in [1.29, 1.82) is 0 Å². The molecule has 0 saturated carbocycles. The summed E-state index contributed by atoms with van der Waals surface area (Å²) in [5.41, 5.74) is -0.549. The molecule has 0 atom stereocenters. The highest BCUT2D eigenvalue weighted by Crippen LogP contribution is 2.29. The van der Waals surface area contributed by atoms with Crippen molar-refractivity contribution in [2.75, 3.05) is 24.6 Å². The minimum atomic E-state index is -4.50. The average molecular weight is 396 g/mol. The summed E-state index contributed by atoms with van der Waals surface area (Å²) >= 11 is 0. The van der Waals surface area contributed by atoms with E-state index in [1.54, 1.807) is 9.58 Å². The predicted molar refractivity (Wildman–Crippen MR) is 92.1 cm³/mol. The first-order valence-electron chi connectivity index (χ1n) is 9.05. The SMILES string of the molecule is O=C(NC1CCN(c2cc(C(F)(F)F)ncn2)CC1)c1cnn2c1OCCC2. The summed E-state index contributed by atoms with van der Waals surface area (Å²) in [4.78, 5) is 21.6. The van der Waals surface area contributed by atoms with Crippen LogP contribution in [0.5, 0.6) is 5.88 Å². The largest absolute Gasteiger partial charge is 0.477 e. The van der Waals surface area contributed by atoms with Gasteiger partial charge in [0.1, 0.15) is 23.4 Å². The van der Waals surface area contributed by atoms with Crippen molar-refractivity contribution < 1.29 is 22.7 Å². The zero-order valence-corrected chi connectivity index (χ0v) is 14.9. The molecular formula is C17H19F3N6O2. The fourth-order valence-electron chi connectivity index (χ4n) is 3.42. The molecule has 2 aliphatic rings. The highest BCUT2D eigenvalue weighted by molar-refractivity contribution is 5.96. The minimum absolute atomic E-state index is 0.0770. The molecule has 2 aliphatic heterocycles. The number of amides is 1. The Morgan fingerprint density at radius 2 is 2.00 bits per heavy atom. The summed E-state index contributed by atoms with van der Waals surface area (Å²) in [6.45, 7) is 2.26. The van der Waals surface area contributed by atoms with Gasteiger partial charge in [0.25, 0.3) is 5.91 Å². The zero-order valence-electron chi connectivity index (χ0n) is 14.9. The standard InChI is InChI=1S/C17H19F3N6O2/c18-17(19,20)13-8-14(22-10-21-13)25-5-2-11(3-6-25)24-15(27)12-9-23-26-4-1-7-28-16(12)26/h8-11H,1-7H2,(H,24,27). The van der Waals surface area contributed by atoms with Gasteiger partial charge in [0, 0.05) is 38.2 Å². The van der Waals surface area contributed by atoms with Gasteiger partial charge in [-0.3, -0.25) is 4.79 Å². The molecule has 4 rings (SSSR count). The Labute approximate surface area is 158 Å². The minimum Gasteiger partial charge on any atom is -0.477 e. The number of hydrogen-bond donors (Lipinski definition) is 1. The van der Waals surface area contributed by atoms with Crippen molar-refractivity contribution in [3.8, 4) is 5.88 Å². The third-order valence-corrected chi connectivity index (χ3v) is 4.89. The van der Waals surface area contributed by atoms with Crippen LogP contribution in [0.1, 0.15) is 35.3 Å². The van der Waals surface area contributed by atoms with Crippen LogP contribution in [0, 0.1) is 0 Å². The number of carbonyl (C=O) groups excluding carboxylic acids is 1. The molecule has 1 fully saturated rings. The summed E-state index contributed by atoms with van der Waals surface area (Å²) < 4.78 is 45.7. The molecule has 8 nitrogen and oxygen atoms in total. The zero-order chi connectivity index (χ0) is 19.7. The first-order valence-corrected chi connectivity index (χ1v) is 9.05. The Balaban J connectivity index is 1.36. The van der Waals surface area contributed by atoms with Crippen LogP contribution in [-0.4, -0.2) is 51.4 Å². The van der Waals surface area contributed by atoms with E-state index in [-0.39, 0.29) is 17.8 Å². The fourth-order valence-corrected chi connectivity index (χ4v) is 3.42. The Hall–Kier alpha value is -2.85. The second-order valence-electron chi connectivity index (χ2n) is 6.78. The third-order valence-electron chi connectivity index (χ3n) is 4.89. The van der Waals surface area contributed by atoms with Crippen molar-refractivity contribution in [1.82, 2.24) is 25.1 Å². The van der Waals surface area contributed by atoms with E-state index in [9.17, 15) is 18.0 Å². The molecule has 150 valence electrons. The molecule has 0 spiro atoms. The van der Waals surface area contributed by atoms with Gasteiger partial charge in [0.05, 0.1) is 12.8 Å². The van der Waals surface area contributed by atoms with E-state index in [1.165, 1.54) is 6.20 Å². The molecule has 0 radical (unpaired) electrons. The van der Waals surface area contributed by atoms with Crippen LogP contribution in [-0.2, 0) is 12.7 Å². The number of aryl methyl sites for hydroxylation is 1. The lowest BCUT2D eigenvalue weighted by Crippen LogP contribution is -2.45. The molecule has 4 heterocycles. The van der Waals surface area contributed by atoms with Gasteiger partial charge in [0.2, 0.25) is 5.88 Å². The summed E-state index contributed by atoms with van der Waals surface area (Å²) in [5, 5.41) is 7.13.